The average Bonchev–Trinajstić information content (AvgIpc) is 3.20. The van der Waals surface area contributed by atoms with Crippen LogP contribution in [-0.4, -0.2) is 28.2 Å². The van der Waals surface area contributed by atoms with Crippen molar-refractivity contribution in [3.63, 3.8) is 0 Å². The highest BCUT2D eigenvalue weighted by Crippen LogP contribution is 2.35. The molecule has 0 aliphatic carbocycles. The second-order valence-electron chi connectivity index (χ2n) is 5.74. The van der Waals surface area contributed by atoms with E-state index in [9.17, 15) is 13.2 Å². The number of benzene rings is 2. The van der Waals surface area contributed by atoms with Crippen LogP contribution in [0.2, 0.25) is 0 Å². The first-order valence-corrected chi connectivity index (χ1v) is 10.9. The van der Waals surface area contributed by atoms with Crippen LogP contribution < -0.4 is 10.5 Å². The topological polar surface area (TPSA) is 123 Å². The van der Waals surface area contributed by atoms with Crippen molar-refractivity contribution in [2.45, 2.75) is 14.9 Å². The van der Waals surface area contributed by atoms with Crippen LogP contribution in [0.1, 0.15) is 0 Å². The van der Waals surface area contributed by atoms with E-state index in [2.05, 4.69) is 35.8 Å². The fourth-order valence-corrected chi connectivity index (χ4v) is 4.77. The van der Waals surface area contributed by atoms with Gasteiger partial charge in [-0.3, -0.25) is 9.71 Å². The Morgan fingerprint density at radius 1 is 1.25 bits per heavy atom. The number of halogens is 1. The summed E-state index contributed by atoms with van der Waals surface area (Å²) < 4.78 is 35.7. The number of aromatic nitrogens is 4. The summed E-state index contributed by atoms with van der Waals surface area (Å²) in [5, 5.41) is 8.44. The lowest BCUT2D eigenvalue weighted by Gasteiger charge is -2.12. The SMILES string of the molecule is Cn1cnnc1Sc1ccc(Br)cc1NS(=O)(=O)c1ccc2[nH]c(=O)oc2c1. The van der Waals surface area contributed by atoms with E-state index >= 15 is 0 Å². The minimum atomic E-state index is -3.93. The van der Waals surface area contributed by atoms with Crippen LogP contribution in [0.5, 0.6) is 0 Å². The van der Waals surface area contributed by atoms with Crippen molar-refractivity contribution < 1.29 is 12.8 Å². The van der Waals surface area contributed by atoms with E-state index in [0.717, 1.165) is 0 Å². The molecule has 2 heterocycles. The lowest BCUT2D eigenvalue weighted by molar-refractivity contribution is 0.554. The summed E-state index contributed by atoms with van der Waals surface area (Å²) in [5.41, 5.74) is 0.957. The molecule has 0 bridgehead atoms. The Hall–Kier alpha value is -2.57. The minimum Gasteiger partial charge on any atom is -0.408 e. The van der Waals surface area contributed by atoms with Crippen molar-refractivity contribution in [3.05, 3.63) is 57.7 Å². The van der Waals surface area contributed by atoms with Gasteiger partial charge in [-0.25, -0.2) is 13.2 Å². The largest absolute Gasteiger partial charge is 0.417 e. The van der Waals surface area contributed by atoms with Crippen LogP contribution in [0.25, 0.3) is 11.1 Å². The second-order valence-corrected chi connectivity index (χ2v) is 9.35. The summed E-state index contributed by atoms with van der Waals surface area (Å²) in [6.07, 6.45) is 1.56. The number of aromatic amines is 1. The number of hydrogen-bond acceptors (Lipinski definition) is 7. The normalized spacial score (nSPS) is 11.8. The van der Waals surface area contributed by atoms with Gasteiger partial charge in [0.25, 0.3) is 10.0 Å². The number of fused-ring (bicyclic) bond motifs is 1. The van der Waals surface area contributed by atoms with Crippen molar-refractivity contribution in [2.75, 3.05) is 4.72 Å². The molecule has 12 heteroatoms. The van der Waals surface area contributed by atoms with Gasteiger partial charge >= 0.3 is 5.76 Å². The van der Waals surface area contributed by atoms with Crippen molar-refractivity contribution in [1.29, 1.82) is 0 Å². The Labute approximate surface area is 171 Å². The standard InChI is InChI=1S/C16H12BrN5O4S2/c1-22-8-18-20-15(22)27-14-5-2-9(17)6-12(14)21-28(24,25)10-3-4-11-13(7-10)26-16(23)19-11/h2-8,21H,1H3,(H,19,23). The van der Waals surface area contributed by atoms with Gasteiger partial charge in [-0.15, -0.1) is 10.2 Å². The molecule has 2 aromatic carbocycles. The molecule has 28 heavy (non-hydrogen) atoms. The number of anilines is 1. The number of nitrogens with one attached hydrogen (secondary N) is 2. The molecule has 0 aliphatic rings. The number of sulfonamides is 1. The Bertz CT molecular complexity index is 1340. The van der Waals surface area contributed by atoms with Crippen molar-refractivity contribution >= 4 is 54.5 Å². The first kappa shape index (κ1) is 18.8. The molecule has 0 atom stereocenters. The molecular weight excluding hydrogens is 470 g/mol. The van der Waals surface area contributed by atoms with E-state index in [1.54, 1.807) is 36.1 Å². The number of H-pyrrole nitrogens is 1. The van der Waals surface area contributed by atoms with Gasteiger partial charge in [-0.1, -0.05) is 15.9 Å². The van der Waals surface area contributed by atoms with E-state index in [1.165, 1.54) is 30.0 Å². The maximum Gasteiger partial charge on any atom is 0.417 e. The van der Waals surface area contributed by atoms with Crippen LogP contribution in [0, 0.1) is 0 Å². The van der Waals surface area contributed by atoms with Crippen LogP contribution >= 0.6 is 27.7 Å². The molecule has 144 valence electrons. The molecule has 0 saturated carbocycles. The van der Waals surface area contributed by atoms with Crippen LogP contribution in [0.4, 0.5) is 5.69 Å². The fraction of sp³-hybridized carbons (Fsp3) is 0.0625. The smallest absolute Gasteiger partial charge is 0.408 e. The van der Waals surface area contributed by atoms with Gasteiger partial charge in [-0.05, 0) is 42.1 Å². The number of nitrogens with zero attached hydrogens (tertiary/aromatic N) is 3. The lowest BCUT2D eigenvalue weighted by Crippen LogP contribution is -2.13. The Morgan fingerprint density at radius 3 is 2.82 bits per heavy atom. The minimum absolute atomic E-state index is 0.0302. The molecule has 0 aliphatic heterocycles. The molecule has 0 unspecified atom stereocenters. The lowest BCUT2D eigenvalue weighted by atomic mass is 10.3. The van der Waals surface area contributed by atoms with Crippen LogP contribution in [0.15, 0.2) is 71.4 Å². The van der Waals surface area contributed by atoms with Gasteiger partial charge in [-0.2, -0.15) is 0 Å². The quantitative estimate of drug-likeness (QED) is 0.448. The van der Waals surface area contributed by atoms with Gasteiger partial charge in [0.15, 0.2) is 10.7 Å². The summed E-state index contributed by atoms with van der Waals surface area (Å²) in [6, 6.07) is 9.40. The zero-order valence-corrected chi connectivity index (χ0v) is 17.4. The van der Waals surface area contributed by atoms with Gasteiger partial charge in [0.05, 0.1) is 16.1 Å². The zero-order chi connectivity index (χ0) is 19.9. The molecular formula is C16H12BrN5O4S2. The Kier molecular flexibility index (Phi) is 4.77. The van der Waals surface area contributed by atoms with Gasteiger partial charge in [0, 0.05) is 22.5 Å². The summed E-state index contributed by atoms with van der Waals surface area (Å²) in [6.45, 7) is 0. The van der Waals surface area contributed by atoms with Crippen molar-refractivity contribution in [3.8, 4) is 0 Å². The zero-order valence-electron chi connectivity index (χ0n) is 14.2. The monoisotopic (exact) mass is 481 g/mol. The molecule has 4 aromatic rings. The first-order chi connectivity index (χ1) is 13.3. The average molecular weight is 482 g/mol. The summed E-state index contributed by atoms with van der Waals surface area (Å²) in [7, 11) is -2.13. The molecule has 0 fully saturated rings. The predicted molar refractivity (Wildman–Crippen MR) is 107 cm³/mol. The third-order valence-corrected chi connectivity index (χ3v) is 6.74. The summed E-state index contributed by atoms with van der Waals surface area (Å²) in [5.74, 6) is -0.646. The van der Waals surface area contributed by atoms with E-state index in [0.29, 0.717) is 25.7 Å². The molecule has 0 spiro atoms. The number of oxazole rings is 1. The van der Waals surface area contributed by atoms with Crippen molar-refractivity contribution in [1.82, 2.24) is 19.7 Å². The number of rotatable bonds is 5. The maximum atomic E-state index is 12.9. The molecule has 4 rings (SSSR count). The molecule has 0 radical (unpaired) electrons. The fourth-order valence-electron chi connectivity index (χ4n) is 2.43. The van der Waals surface area contributed by atoms with Crippen LogP contribution in [-0.2, 0) is 17.1 Å². The van der Waals surface area contributed by atoms with E-state index in [4.69, 9.17) is 4.42 Å². The molecule has 0 saturated heterocycles. The van der Waals surface area contributed by atoms with Gasteiger partial charge in [0.1, 0.15) is 6.33 Å². The van der Waals surface area contributed by atoms with Gasteiger partial charge < -0.3 is 8.98 Å². The van der Waals surface area contributed by atoms with Gasteiger partial charge in [0.2, 0.25) is 0 Å². The molecule has 2 aromatic heterocycles. The van der Waals surface area contributed by atoms with E-state index < -0.39 is 15.8 Å². The predicted octanol–water partition coefficient (Wildman–Crippen LogP) is 2.96. The van der Waals surface area contributed by atoms with E-state index in [1.807, 2.05) is 0 Å². The Morgan fingerprint density at radius 2 is 2.07 bits per heavy atom. The second kappa shape index (κ2) is 7.11. The highest BCUT2D eigenvalue weighted by atomic mass is 79.9. The molecule has 9 nitrogen and oxygen atoms in total. The maximum absolute atomic E-state index is 12.9. The Balaban J connectivity index is 1.71. The van der Waals surface area contributed by atoms with E-state index in [-0.39, 0.29) is 10.5 Å². The number of hydrogen-bond donors (Lipinski definition) is 2. The van der Waals surface area contributed by atoms with Crippen LogP contribution in [0.3, 0.4) is 0 Å². The molecule has 2 N–H and O–H groups in total. The molecule has 0 amide bonds. The first-order valence-electron chi connectivity index (χ1n) is 7.79. The highest BCUT2D eigenvalue weighted by Gasteiger charge is 2.19. The van der Waals surface area contributed by atoms with Crippen molar-refractivity contribution in [2.24, 2.45) is 7.05 Å². The summed E-state index contributed by atoms with van der Waals surface area (Å²) >= 11 is 4.63. The third kappa shape index (κ3) is 3.70. The summed E-state index contributed by atoms with van der Waals surface area (Å²) in [4.78, 5) is 14.4. The third-order valence-electron chi connectivity index (χ3n) is 3.76. The highest BCUT2D eigenvalue weighted by molar-refractivity contribution is 9.10. The number of aryl methyl sites for hydroxylation is 1.